The average Bonchev–Trinajstić information content (AvgIpc) is 3.03. The molecule has 0 atom stereocenters. The summed E-state index contributed by atoms with van der Waals surface area (Å²) in [6.45, 7) is 1.45. The first-order valence-electron chi connectivity index (χ1n) is 9.47. The number of aryl methyl sites for hydroxylation is 1. The van der Waals surface area contributed by atoms with Crippen LogP contribution in [-0.4, -0.2) is 33.2 Å². The number of nitrogens with two attached hydrogens (primary N) is 1. The quantitative estimate of drug-likeness (QED) is 0.458. The normalized spacial score (nSPS) is 14.0. The molecule has 3 rings (SSSR count). The lowest BCUT2D eigenvalue weighted by Crippen LogP contribution is -2.05. The van der Waals surface area contributed by atoms with Crippen molar-refractivity contribution in [2.75, 3.05) is 37.9 Å². The summed E-state index contributed by atoms with van der Waals surface area (Å²) in [5, 5.41) is 6.27. The van der Waals surface area contributed by atoms with Crippen molar-refractivity contribution in [3.8, 4) is 11.5 Å². The standard InChI is InChI=1S/C22H27N3O3/c1-27-20-13-18-17(22(26)25-19(18)14-21(20)28-2)6-4-12-24-16-9-7-15(8-10-16)5-3-11-23/h6-10,13-14,24H,3-5,11-12,23H2,1-2H3,(H,25,26). The molecule has 0 fully saturated rings. The summed E-state index contributed by atoms with van der Waals surface area (Å²) in [6.07, 6.45) is 4.69. The molecule has 0 spiro atoms. The first kappa shape index (κ1) is 19.8. The minimum Gasteiger partial charge on any atom is -0.493 e. The Morgan fingerprint density at radius 2 is 1.82 bits per heavy atom. The maximum Gasteiger partial charge on any atom is 0.256 e. The summed E-state index contributed by atoms with van der Waals surface area (Å²) >= 11 is 0. The zero-order valence-electron chi connectivity index (χ0n) is 16.4. The second-order valence-corrected chi connectivity index (χ2v) is 6.63. The number of fused-ring (bicyclic) bond motifs is 1. The van der Waals surface area contributed by atoms with Crippen LogP contribution in [0.2, 0.25) is 0 Å². The minimum absolute atomic E-state index is 0.102. The molecule has 2 aromatic rings. The highest BCUT2D eigenvalue weighted by Gasteiger charge is 2.26. The van der Waals surface area contributed by atoms with Crippen molar-refractivity contribution < 1.29 is 14.3 Å². The van der Waals surface area contributed by atoms with E-state index in [1.54, 1.807) is 20.3 Å². The summed E-state index contributed by atoms with van der Waals surface area (Å²) in [5.41, 5.74) is 10.2. The fraction of sp³-hybridized carbons (Fsp3) is 0.318. The molecule has 1 heterocycles. The molecule has 1 amide bonds. The van der Waals surface area contributed by atoms with Gasteiger partial charge in [-0.2, -0.15) is 0 Å². The van der Waals surface area contributed by atoms with Gasteiger partial charge in [-0.25, -0.2) is 0 Å². The summed E-state index contributed by atoms with van der Waals surface area (Å²) in [5.74, 6) is 1.10. The van der Waals surface area contributed by atoms with Gasteiger partial charge in [0, 0.05) is 29.4 Å². The second kappa shape index (κ2) is 9.28. The predicted octanol–water partition coefficient (Wildman–Crippen LogP) is 3.43. The molecule has 0 bridgehead atoms. The Morgan fingerprint density at radius 3 is 2.50 bits per heavy atom. The van der Waals surface area contributed by atoms with Gasteiger partial charge in [0.15, 0.2) is 11.5 Å². The highest BCUT2D eigenvalue weighted by Crippen LogP contribution is 2.40. The van der Waals surface area contributed by atoms with Gasteiger partial charge in [-0.05, 0) is 49.6 Å². The van der Waals surface area contributed by atoms with Gasteiger partial charge in [-0.1, -0.05) is 18.2 Å². The maximum atomic E-state index is 12.3. The van der Waals surface area contributed by atoms with Crippen LogP contribution in [0, 0.1) is 0 Å². The highest BCUT2D eigenvalue weighted by atomic mass is 16.5. The summed E-state index contributed by atoms with van der Waals surface area (Å²) in [6, 6.07) is 12.0. The van der Waals surface area contributed by atoms with Gasteiger partial charge in [0.25, 0.3) is 5.91 Å². The average molecular weight is 381 g/mol. The van der Waals surface area contributed by atoms with E-state index < -0.39 is 0 Å². The lowest BCUT2D eigenvalue weighted by atomic mass is 10.1. The molecule has 148 valence electrons. The summed E-state index contributed by atoms with van der Waals surface area (Å²) < 4.78 is 10.6. The molecule has 1 aliphatic heterocycles. The van der Waals surface area contributed by atoms with Gasteiger partial charge in [-0.3, -0.25) is 4.79 Å². The Bertz CT molecular complexity index is 860. The minimum atomic E-state index is -0.102. The van der Waals surface area contributed by atoms with Gasteiger partial charge in [0.05, 0.1) is 19.9 Å². The molecule has 1 aliphatic rings. The van der Waals surface area contributed by atoms with E-state index in [0.29, 0.717) is 23.6 Å². The summed E-state index contributed by atoms with van der Waals surface area (Å²) in [7, 11) is 3.16. The van der Waals surface area contributed by atoms with Crippen molar-refractivity contribution in [3.05, 3.63) is 53.6 Å². The maximum absolute atomic E-state index is 12.3. The number of benzene rings is 2. The van der Waals surface area contributed by atoms with Crippen LogP contribution < -0.4 is 25.8 Å². The monoisotopic (exact) mass is 381 g/mol. The van der Waals surface area contributed by atoms with Crippen molar-refractivity contribution in [1.29, 1.82) is 0 Å². The molecule has 0 saturated heterocycles. The fourth-order valence-electron chi connectivity index (χ4n) is 3.25. The van der Waals surface area contributed by atoms with Crippen LogP contribution in [0.4, 0.5) is 11.4 Å². The third-order valence-electron chi connectivity index (χ3n) is 4.75. The first-order valence-corrected chi connectivity index (χ1v) is 9.47. The molecule has 0 unspecified atom stereocenters. The number of nitrogens with one attached hydrogen (secondary N) is 2. The van der Waals surface area contributed by atoms with E-state index >= 15 is 0 Å². The first-order chi connectivity index (χ1) is 13.7. The number of carbonyl (C=O) groups is 1. The smallest absolute Gasteiger partial charge is 0.256 e. The Balaban J connectivity index is 1.62. The van der Waals surface area contributed by atoms with Crippen LogP contribution in [0.15, 0.2) is 42.5 Å². The van der Waals surface area contributed by atoms with Gasteiger partial charge >= 0.3 is 0 Å². The molecule has 6 heteroatoms. The van der Waals surface area contributed by atoms with Crippen molar-refractivity contribution in [2.24, 2.45) is 5.73 Å². The van der Waals surface area contributed by atoms with Gasteiger partial charge < -0.3 is 25.8 Å². The molecular weight excluding hydrogens is 354 g/mol. The topological polar surface area (TPSA) is 85.6 Å². The third kappa shape index (κ3) is 4.46. The van der Waals surface area contributed by atoms with Crippen LogP contribution >= 0.6 is 0 Å². The SMILES string of the molecule is COc1cc2c(cc1OC)C(=CCCNc1ccc(CCCN)cc1)C(=O)N2. The molecule has 0 saturated carbocycles. The number of carbonyl (C=O) groups excluding carboxylic acids is 1. The van der Waals surface area contributed by atoms with Gasteiger partial charge in [0.2, 0.25) is 0 Å². The third-order valence-corrected chi connectivity index (χ3v) is 4.75. The molecular formula is C22H27N3O3. The van der Waals surface area contributed by atoms with Crippen molar-refractivity contribution in [3.63, 3.8) is 0 Å². The Labute approximate surface area is 165 Å². The fourth-order valence-corrected chi connectivity index (χ4v) is 3.25. The number of anilines is 2. The van der Waals surface area contributed by atoms with Crippen molar-refractivity contribution >= 4 is 22.9 Å². The van der Waals surface area contributed by atoms with Crippen LogP contribution in [-0.2, 0) is 11.2 Å². The Morgan fingerprint density at radius 1 is 1.11 bits per heavy atom. The zero-order chi connectivity index (χ0) is 19.9. The number of ether oxygens (including phenoxy) is 2. The Kier molecular flexibility index (Phi) is 6.55. The molecule has 6 nitrogen and oxygen atoms in total. The number of methoxy groups -OCH3 is 2. The molecule has 4 N–H and O–H groups in total. The lowest BCUT2D eigenvalue weighted by molar-refractivity contribution is -0.110. The molecule has 2 aromatic carbocycles. The van der Waals surface area contributed by atoms with Gasteiger partial charge in [-0.15, -0.1) is 0 Å². The molecule has 0 radical (unpaired) electrons. The molecule has 28 heavy (non-hydrogen) atoms. The number of hydrogen-bond acceptors (Lipinski definition) is 5. The largest absolute Gasteiger partial charge is 0.493 e. The predicted molar refractivity (Wildman–Crippen MR) is 113 cm³/mol. The summed E-state index contributed by atoms with van der Waals surface area (Å²) in [4.78, 5) is 12.3. The lowest BCUT2D eigenvalue weighted by Gasteiger charge is -2.09. The van der Waals surface area contributed by atoms with E-state index in [1.807, 2.05) is 12.1 Å². The number of rotatable bonds is 9. The zero-order valence-corrected chi connectivity index (χ0v) is 16.4. The Hall–Kier alpha value is -2.99. The molecule has 0 aliphatic carbocycles. The van der Waals surface area contributed by atoms with E-state index in [9.17, 15) is 4.79 Å². The van der Waals surface area contributed by atoms with E-state index in [0.717, 1.165) is 42.7 Å². The van der Waals surface area contributed by atoms with Crippen molar-refractivity contribution in [1.82, 2.24) is 0 Å². The van der Waals surface area contributed by atoms with E-state index in [-0.39, 0.29) is 5.91 Å². The van der Waals surface area contributed by atoms with Crippen LogP contribution in [0.5, 0.6) is 11.5 Å². The highest BCUT2D eigenvalue weighted by molar-refractivity contribution is 6.31. The van der Waals surface area contributed by atoms with Crippen LogP contribution in [0.3, 0.4) is 0 Å². The molecule has 0 aromatic heterocycles. The van der Waals surface area contributed by atoms with Gasteiger partial charge in [0.1, 0.15) is 0 Å². The van der Waals surface area contributed by atoms with E-state index in [2.05, 4.69) is 34.9 Å². The van der Waals surface area contributed by atoms with Crippen LogP contribution in [0.25, 0.3) is 5.57 Å². The van der Waals surface area contributed by atoms with E-state index in [4.69, 9.17) is 15.2 Å². The number of hydrogen-bond donors (Lipinski definition) is 3. The number of amides is 1. The van der Waals surface area contributed by atoms with Crippen LogP contribution in [0.1, 0.15) is 24.0 Å². The van der Waals surface area contributed by atoms with E-state index in [1.165, 1.54) is 5.56 Å². The second-order valence-electron chi connectivity index (χ2n) is 6.63. The van der Waals surface area contributed by atoms with Crippen molar-refractivity contribution in [2.45, 2.75) is 19.3 Å².